The van der Waals surface area contributed by atoms with Gasteiger partial charge in [0.2, 0.25) is 0 Å². The van der Waals surface area contributed by atoms with Crippen LogP contribution in [0.4, 0.5) is 0 Å². The van der Waals surface area contributed by atoms with Gasteiger partial charge < -0.3 is 4.42 Å². The summed E-state index contributed by atoms with van der Waals surface area (Å²) in [6.45, 7) is 3.86. The van der Waals surface area contributed by atoms with Gasteiger partial charge in [-0.1, -0.05) is 6.07 Å². The number of pyridine rings is 1. The van der Waals surface area contributed by atoms with Crippen LogP contribution in [0.3, 0.4) is 0 Å². The van der Waals surface area contributed by atoms with Gasteiger partial charge in [-0.15, -0.1) is 0 Å². The fourth-order valence-corrected chi connectivity index (χ4v) is 1.60. The SMILES string of the molecule is Cc1ccc(C(NN)c2ccc(C)o2)cn1. The smallest absolute Gasteiger partial charge is 0.126 e. The molecule has 2 aromatic rings. The van der Waals surface area contributed by atoms with Crippen LogP contribution in [-0.4, -0.2) is 4.98 Å². The number of nitrogens with zero attached hydrogens (tertiary/aromatic N) is 1. The molecule has 0 radical (unpaired) electrons. The molecule has 0 spiro atoms. The molecule has 4 heteroatoms. The summed E-state index contributed by atoms with van der Waals surface area (Å²) >= 11 is 0. The van der Waals surface area contributed by atoms with Gasteiger partial charge in [-0.2, -0.15) is 0 Å². The van der Waals surface area contributed by atoms with E-state index < -0.39 is 0 Å². The minimum Gasteiger partial charge on any atom is -0.464 e. The Morgan fingerprint density at radius 2 is 2.06 bits per heavy atom. The predicted molar refractivity (Wildman–Crippen MR) is 61.6 cm³/mol. The number of hydrogen-bond acceptors (Lipinski definition) is 4. The average molecular weight is 217 g/mol. The van der Waals surface area contributed by atoms with Crippen LogP contribution < -0.4 is 11.3 Å². The maximum absolute atomic E-state index is 5.55. The van der Waals surface area contributed by atoms with E-state index in [0.29, 0.717) is 0 Å². The summed E-state index contributed by atoms with van der Waals surface area (Å²) in [5.41, 5.74) is 4.70. The third-order valence-corrected chi connectivity index (χ3v) is 2.48. The fourth-order valence-electron chi connectivity index (χ4n) is 1.60. The molecule has 0 amide bonds. The van der Waals surface area contributed by atoms with Gasteiger partial charge in [0.25, 0.3) is 0 Å². The number of hydrogen-bond donors (Lipinski definition) is 2. The summed E-state index contributed by atoms with van der Waals surface area (Å²) in [5, 5.41) is 0. The zero-order chi connectivity index (χ0) is 11.5. The standard InChI is InChI=1S/C12H15N3O/c1-8-3-5-10(7-14-8)12(15-13)11-6-4-9(2)16-11/h3-7,12,15H,13H2,1-2H3. The van der Waals surface area contributed by atoms with Crippen molar-refractivity contribution in [2.75, 3.05) is 0 Å². The van der Waals surface area contributed by atoms with Crippen LogP contribution in [0, 0.1) is 13.8 Å². The van der Waals surface area contributed by atoms with Crippen molar-refractivity contribution in [3.05, 3.63) is 53.2 Å². The second kappa shape index (κ2) is 4.47. The highest BCUT2D eigenvalue weighted by atomic mass is 16.3. The largest absolute Gasteiger partial charge is 0.464 e. The van der Waals surface area contributed by atoms with Gasteiger partial charge in [0.15, 0.2) is 0 Å². The number of nitrogens with one attached hydrogen (secondary N) is 1. The molecule has 0 aliphatic carbocycles. The fraction of sp³-hybridized carbons (Fsp3) is 0.250. The zero-order valence-electron chi connectivity index (χ0n) is 9.40. The molecule has 1 atom stereocenters. The van der Waals surface area contributed by atoms with Gasteiger partial charge in [0.1, 0.15) is 17.6 Å². The highest BCUT2D eigenvalue weighted by Gasteiger charge is 2.15. The number of furan rings is 1. The van der Waals surface area contributed by atoms with E-state index >= 15 is 0 Å². The van der Waals surface area contributed by atoms with Gasteiger partial charge in [-0.3, -0.25) is 10.8 Å². The van der Waals surface area contributed by atoms with Gasteiger partial charge in [-0.05, 0) is 37.6 Å². The molecule has 1 unspecified atom stereocenters. The number of nitrogens with two attached hydrogens (primary N) is 1. The Hall–Kier alpha value is -1.65. The molecule has 3 N–H and O–H groups in total. The molecule has 2 heterocycles. The van der Waals surface area contributed by atoms with E-state index in [2.05, 4.69) is 10.4 Å². The number of rotatable bonds is 3. The van der Waals surface area contributed by atoms with Crippen LogP contribution in [-0.2, 0) is 0 Å². The normalized spacial score (nSPS) is 12.7. The molecule has 4 nitrogen and oxygen atoms in total. The van der Waals surface area contributed by atoms with E-state index in [0.717, 1.165) is 22.8 Å². The first-order chi connectivity index (χ1) is 7.70. The number of aromatic nitrogens is 1. The molecular weight excluding hydrogens is 202 g/mol. The number of hydrazine groups is 1. The molecule has 0 saturated carbocycles. The van der Waals surface area contributed by atoms with Crippen LogP contribution >= 0.6 is 0 Å². The number of aryl methyl sites for hydroxylation is 2. The molecule has 0 aromatic carbocycles. The van der Waals surface area contributed by atoms with Gasteiger partial charge in [0.05, 0.1) is 0 Å². The van der Waals surface area contributed by atoms with Crippen molar-refractivity contribution in [3.63, 3.8) is 0 Å². The summed E-state index contributed by atoms with van der Waals surface area (Å²) in [5.74, 6) is 7.21. The maximum Gasteiger partial charge on any atom is 0.126 e. The third-order valence-electron chi connectivity index (χ3n) is 2.48. The van der Waals surface area contributed by atoms with Gasteiger partial charge in [0, 0.05) is 11.9 Å². The summed E-state index contributed by atoms with van der Waals surface area (Å²) < 4.78 is 5.55. The van der Waals surface area contributed by atoms with Crippen LogP contribution in [0.5, 0.6) is 0 Å². The second-order valence-corrected chi connectivity index (χ2v) is 3.78. The van der Waals surface area contributed by atoms with Crippen molar-refractivity contribution in [1.82, 2.24) is 10.4 Å². The minimum absolute atomic E-state index is 0.151. The predicted octanol–water partition coefficient (Wildman–Crippen LogP) is 1.84. The Bertz CT molecular complexity index is 461. The lowest BCUT2D eigenvalue weighted by molar-refractivity contribution is 0.434. The van der Waals surface area contributed by atoms with Crippen LogP contribution in [0.25, 0.3) is 0 Å². The lowest BCUT2D eigenvalue weighted by Crippen LogP contribution is -2.28. The van der Waals surface area contributed by atoms with E-state index in [-0.39, 0.29) is 6.04 Å². The van der Waals surface area contributed by atoms with Crippen molar-refractivity contribution >= 4 is 0 Å². The van der Waals surface area contributed by atoms with Crippen molar-refractivity contribution in [2.45, 2.75) is 19.9 Å². The van der Waals surface area contributed by atoms with E-state index in [4.69, 9.17) is 10.3 Å². The van der Waals surface area contributed by atoms with E-state index in [9.17, 15) is 0 Å². The summed E-state index contributed by atoms with van der Waals surface area (Å²) in [6.07, 6.45) is 1.80. The summed E-state index contributed by atoms with van der Waals surface area (Å²) in [7, 11) is 0. The quantitative estimate of drug-likeness (QED) is 0.608. The van der Waals surface area contributed by atoms with Gasteiger partial charge in [-0.25, -0.2) is 5.43 Å². The monoisotopic (exact) mass is 217 g/mol. The average Bonchev–Trinajstić information content (AvgIpc) is 2.69. The highest BCUT2D eigenvalue weighted by molar-refractivity contribution is 5.25. The molecule has 84 valence electrons. The lowest BCUT2D eigenvalue weighted by Gasteiger charge is -2.13. The van der Waals surface area contributed by atoms with Crippen LogP contribution in [0.1, 0.15) is 28.8 Å². The van der Waals surface area contributed by atoms with Crippen molar-refractivity contribution in [2.24, 2.45) is 5.84 Å². The Morgan fingerprint density at radius 1 is 1.25 bits per heavy atom. The molecule has 16 heavy (non-hydrogen) atoms. The van der Waals surface area contributed by atoms with E-state index in [1.165, 1.54) is 0 Å². The van der Waals surface area contributed by atoms with Crippen molar-refractivity contribution in [1.29, 1.82) is 0 Å². The Morgan fingerprint density at radius 3 is 2.56 bits per heavy atom. The molecule has 0 aliphatic rings. The Balaban J connectivity index is 2.32. The molecular formula is C12H15N3O. The minimum atomic E-state index is -0.151. The Kier molecular flexibility index (Phi) is 3.03. The zero-order valence-corrected chi connectivity index (χ0v) is 9.40. The molecule has 0 bridgehead atoms. The molecule has 0 saturated heterocycles. The summed E-state index contributed by atoms with van der Waals surface area (Å²) in [6, 6.07) is 7.63. The third kappa shape index (κ3) is 2.13. The van der Waals surface area contributed by atoms with Gasteiger partial charge >= 0.3 is 0 Å². The highest BCUT2D eigenvalue weighted by Crippen LogP contribution is 2.22. The molecule has 2 aromatic heterocycles. The molecule has 0 aliphatic heterocycles. The molecule has 0 fully saturated rings. The van der Waals surface area contributed by atoms with E-state index in [1.54, 1.807) is 6.20 Å². The lowest BCUT2D eigenvalue weighted by atomic mass is 10.1. The second-order valence-electron chi connectivity index (χ2n) is 3.78. The van der Waals surface area contributed by atoms with Crippen molar-refractivity contribution in [3.8, 4) is 0 Å². The maximum atomic E-state index is 5.55. The first-order valence-corrected chi connectivity index (χ1v) is 5.15. The van der Waals surface area contributed by atoms with E-state index in [1.807, 2.05) is 38.1 Å². The van der Waals surface area contributed by atoms with Crippen molar-refractivity contribution < 1.29 is 4.42 Å². The first-order valence-electron chi connectivity index (χ1n) is 5.15. The molecule has 2 rings (SSSR count). The first kappa shape index (κ1) is 10.9. The van der Waals surface area contributed by atoms with Crippen LogP contribution in [0.15, 0.2) is 34.9 Å². The van der Waals surface area contributed by atoms with Crippen LogP contribution in [0.2, 0.25) is 0 Å². The summed E-state index contributed by atoms with van der Waals surface area (Å²) in [4.78, 5) is 4.24. The topological polar surface area (TPSA) is 64.1 Å². The Labute approximate surface area is 94.5 Å².